The number of benzene rings is 1. The molecule has 0 spiro atoms. The lowest BCUT2D eigenvalue weighted by Gasteiger charge is -2.29. The van der Waals surface area contributed by atoms with Gasteiger partial charge in [-0.1, -0.05) is 63.3 Å². The molecule has 1 aromatic carbocycles. The molecule has 2 aromatic rings. The summed E-state index contributed by atoms with van der Waals surface area (Å²) < 4.78 is 6.48. The molecule has 0 bridgehead atoms. The predicted molar refractivity (Wildman–Crippen MR) is 88.7 cm³/mol. The molecule has 0 amide bonds. The summed E-state index contributed by atoms with van der Waals surface area (Å²) in [5.41, 5.74) is 2.01. The first-order chi connectivity index (χ1) is 9.91. The minimum atomic E-state index is -0.118. The molecule has 4 heteroatoms. The number of hydrogen-bond donors (Lipinski definition) is 1. The van der Waals surface area contributed by atoms with Gasteiger partial charge in [-0.2, -0.15) is 0 Å². The first-order valence-electron chi connectivity index (χ1n) is 7.20. The van der Waals surface area contributed by atoms with Gasteiger partial charge in [0, 0.05) is 12.3 Å². The summed E-state index contributed by atoms with van der Waals surface area (Å²) in [7, 11) is 0. The van der Waals surface area contributed by atoms with Crippen LogP contribution in [0.2, 0.25) is 0 Å². The van der Waals surface area contributed by atoms with E-state index in [1.54, 1.807) is 0 Å². The van der Waals surface area contributed by atoms with Gasteiger partial charge >= 0.3 is 0 Å². The maximum absolute atomic E-state index is 5.90. The lowest BCUT2D eigenvalue weighted by molar-refractivity contribution is -0.0191. The summed E-state index contributed by atoms with van der Waals surface area (Å²) in [6, 6.07) is 12.0. The van der Waals surface area contributed by atoms with Crippen LogP contribution in [0.4, 0.5) is 0 Å². The molecule has 21 heavy (non-hydrogen) atoms. The second kappa shape index (κ2) is 6.50. The summed E-state index contributed by atoms with van der Waals surface area (Å²) in [6.45, 7) is 9.05. The van der Waals surface area contributed by atoms with Crippen molar-refractivity contribution in [1.29, 1.82) is 0 Å². The lowest BCUT2D eigenvalue weighted by Crippen LogP contribution is -2.23. The van der Waals surface area contributed by atoms with Crippen molar-refractivity contribution in [1.82, 2.24) is 9.97 Å². The van der Waals surface area contributed by atoms with Crippen LogP contribution in [0.3, 0.4) is 0 Å². The van der Waals surface area contributed by atoms with E-state index in [1.807, 2.05) is 31.2 Å². The van der Waals surface area contributed by atoms with E-state index < -0.39 is 0 Å². The Kier molecular flexibility index (Phi) is 4.91. The van der Waals surface area contributed by atoms with Crippen molar-refractivity contribution in [3.63, 3.8) is 0 Å². The van der Waals surface area contributed by atoms with Gasteiger partial charge in [-0.05, 0) is 24.0 Å². The van der Waals surface area contributed by atoms with Gasteiger partial charge in [-0.15, -0.1) is 0 Å². The zero-order chi connectivity index (χ0) is 15.5. The van der Waals surface area contributed by atoms with Crippen LogP contribution in [0.15, 0.2) is 36.4 Å². The van der Waals surface area contributed by atoms with Crippen molar-refractivity contribution in [2.45, 2.75) is 33.8 Å². The zero-order valence-electron chi connectivity index (χ0n) is 13.0. The Bertz CT molecular complexity index is 644. The fraction of sp³-hybridized carbons (Fsp3) is 0.412. The summed E-state index contributed by atoms with van der Waals surface area (Å²) in [5, 5.41) is 0. The molecule has 1 N–H and O–H groups in total. The summed E-state index contributed by atoms with van der Waals surface area (Å²) >= 11 is 5.33. The van der Waals surface area contributed by atoms with Crippen molar-refractivity contribution in [2.24, 2.45) is 5.41 Å². The minimum Gasteiger partial charge on any atom is -0.370 e. The monoisotopic (exact) mass is 302 g/mol. The molecule has 112 valence electrons. The molecule has 0 saturated carbocycles. The highest BCUT2D eigenvalue weighted by Gasteiger charge is 2.29. The van der Waals surface area contributed by atoms with E-state index in [9.17, 15) is 0 Å². The van der Waals surface area contributed by atoms with Gasteiger partial charge < -0.3 is 9.72 Å². The molecule has 3 nitrogen and oxygen atoms in total. The Morgan fingerprint density at radius 2 is 1.90 bits per heavy atom. The van der Waals surface area contributed by atoms with Crippen LogP contribution in [-0.4, -0.2) is 16.6 Å². The standard InChI is InChI=1S/C17H22N2OS/c1-5-20-15(17(2,3)4)16-18-13(11-14(21)19-16)12-9-7-6-8-10-12/h6-11,15H,5H2,1-4H3,(H,18,19,21). The van der Waals surface area contributed by atoms with Crippen LogP contribution < -0.4 is 0 Å². The molecule has 0 aliphatic heterocycles. The van der Waals surface area contributed by atoms with Gasteiger partial charge in [0.1, 0.15) is 16.6 Å². The quantitative estimate of drug-likeness (QED) is 0.814. The lowest BCUT2D eigenvalue weighted by atomic mass is 9.88. The van der Waals surface area contributed by atoms with Crippen molar-refractivity contribution in [3.8, 4) is 11.3 Å². The molecule has 0 radical (unpaired) electrons. The topological polar surface area (TPSA) is 37.9 Å². The Morgan fingerprint density at radius 1 is 1.24 bits per heavy atom. The van der Waals surface area contributed by atoms with Gasteiger partial charge in [0.2, 0.25) is 0 Å². The average molecular weight is 302 g/mol. The van der Waals surface area contributed by atoms with Crippen LogP contribution in [0.1, 0.15) is 39.6 Å². The highest BCUT2D eigenvalue weighted by Crippen LogP contribution is 2.34. The van der Waals surface area contributed by atoms with Crippen LogP contribution in [-0.2, 0) is 4.74 Å². The van der Waals surface area contributed by atoms with Gasteiger partial charge in [0.15, 0.2) is 0 Å². The van der Waals surface area contributed by atoms with Gasteiger partial charge in [0.25, 0.3) is 0 Å². The maximum Gasteiger partial charge on any atom is 0.137 e. The summed E-state index contributed by atoms with van der Waals surface area (Å²) in [5.74, 6) is 0.788. The van der Waals surface area contributed by atoms with E-state index in [0.29, 0.717) is 11.2 Å². The van der Waals surface area contributed by atoms with Gasteiger partial charge in [0.05, 0.1) is 0 Å². The third-order valence-corrected chi connectivity index (χ3v) is 3.42. The first-order valence-corrected chi connectivity index (χ1v) is 7.61. The number of ether oxygens (including phenoxy) is 1. The molecule has 0 fully saturated rings. The molecular weight excluding hydrogens is 280 g/mol. The third-order valence-electron chi connectivity index (χ3n) is 3.21. The summed E-state index contributed by atoms with van der Waals surface area (Å²) in [4.78, 5) is 7.87. The fourth-order valence-corrected chi connectivity index (χ4v) is 2.50. The van der Waals surface area contributed by atoms with Crippen LogP contribution in [0, 0.1) is 10.1 Å². The number of rotatable bonds is 4. The second-order valence-corrected chi connectivity index (χ2v) is 6.50. The van der Waals surface area contributed by atoms with Crippen molar-refractivity contribution < 1.29 is 4.74 Å². The van der Waals surface area contributed by atoms with E-state index in [-0.39, 0.29) is 11.5 Å². The number of aromatic nitrogens is 2. The smallest absolute Gasteiger partial charge is 0.137 e. The number of hydrogen-bond acceptors (Lipinski definition) is 3. The van der Waals surface area contributed by atoms with Gasteiger partial charge in [-0.25, -0.2) is 4.98 Å². The summed E-state index contributed by atoms with van der Waals surface area (Å²) in [6.07, 6.45) is -0.118. The van der Waals surface area contributed by atoms with Crippen LogP contribution >= 0.6 is 12.2 Å². The Hall–Kier alpha value is -1.52. The normalized spacial score (nSPS) is 13.1. The highest BCUT2D eigenvalue weighted by atomic mass is 32.1. The fourth-order valence-electron chi connectivity index (χ4n) is 2.28. The van der Waals surface area contributed by atoms with E-state index in [2.05, 4.69) is 42.9 Å². The second-order valence-electron chi connectivity index (χ2n) is 6.09. The van der Waals surface area contributed by atoms with Crippen molar-refractivity contribution in [3.05, 3.63) is 46.9 Å². The van der Waals surface area contributed by atoms with E-state index in [4.69, 9.17) is 17.0 Å². The molecule has 0 saturated heterocycles. The van der Waals surface area contributed by atoms with Crippen molar-refractivity contribution in [2.75, 3.05) is 6.61 Å². The molecule has 1 aromatic heterocycles. The molecule has 2 rings (SSSR count). The minimum absolute atomic E-state index is 0.0589. The maximum atomic E-state index is 5.90. The first kappa shape index (κ1) is 15.9. The predicted octanol–water partition coefficient (Wildman–Crippen LogP) is 4.93. The SMILES string of the molecule is CCOC(c1nc(=S)cc(-c2ccccc2)[nH]1)C(C)(C)C. The third kappa shape index (κ3) is 3.99. The number of nitrogens with one attached hydrogen (secondary N) is 1. The number of nitrogens with zero attached hydrogens (tertiary/aromatic N) is 1. The molecule has 0 aliphatic carbocycles. The highest BCUT2D eigenvalue weighted by molar-refractivity contribution is 7.71. The van der Waals surface area contributed by atoms with E-state index >= 15 is 0 Å². The molecule has 0 aliphatic rings. The number of H-pyrrole nitrogens is 1. The number of aromatic amines is 1. The molecule has 1 atom stereocenters. The Morgan fingerprint density at radius 3 is 2.48 bits per heavy atom. The Labute approximate surface area is 131 Å². The van der Waals surface area contributed by atoms with E-state index in [0.717, 1.165) is 17.1 Å². The largest absolute Gasteiger partial charge is 0.370 e. The van der Waals surface area contributed by atoms with E-state index in [1.165, 1.54) is 0 Å². The van der Waals surface area contributed by atoms with Crippen LogP contribution in [0.5, 0.6) is 0 Å². The Balaban J connectivity index is 2.50. The molecule has 1 unspecified atom stereocenters. The molecule has 1 heterocycles. The van der Waals surface area contributed by atoms with Crippen molar-refractivity contribution >= 4 is 12.2 Å². The molecular formula is C17H22N2OS. The zero-order valence-corrected chi connectivity index (χ0v) is 13.8. The van der Waals surface area contributed by atoms with Crippen LogP contribution in [0.25, 0.3) is 11.3 Å². The average Bonchev–Trinajstić information content (AvgIpc) is 2.44. The van der Waals surface area contributed by atoms with Gasteiger partial charge in [-0.3, -0.25) is 0 Å².